The lowest BCUT2D eigenvalue weighted by Gasteiger charge is -2.04. The molecule has 3 aromatic rings. The molecule has 0 bridgehead atoms. The van der Waals surface area contributed by atoms with Gasteiger partial charge in [0.1, 0.15) is 0 Å². The topological polar surface area (TPSA) is 93.8 Å². The second kappa shape index (κ2) is 7.28. The molecule has 0 fully saturated rings. The van der Waals surface area contributed by atoms with Crippen LogP contribution in [-0.4, -0.2) is 19.7 Å². The first-order chi connectivity index (χ1) is 12.0. The Hall–Kier alpha value is -2.32. The van der Waals surface area contributed by atoms with Gasteiger partial charge in [-0.15, -0.1) is 10.2 Å². The molecule has 2 aromatic heterocycles. The summed E-state index contributed by atoms with van der Waals surface area (Å²) in [7, 11) is 1.42. The van der Waals surface area contributed by atoms with Gasteiger partial charge in [-0.3, -0.25) is 9.36 Å². The van der Waals surface area contributed by atoms with Crippen molar-refractivity contribution in [1.82, 2.24) is 19.7 Å². The van der Waals surface area contributed by atoms with E-state index in [1.807, 2.05) is 24.3 Å². The molecule has 0 amide bonds. The predicted molar refractivity (Wildman–Crippen MR) is 95.2 cm³/mol. The van der Waals surface area contributed by atoms with Gasteiger partial charge in [0.2, 0.25) is 5.89 Å². The van der Waals surface area contributed by atoms with Crippen molar-refractivity contribution in [2.45, 2.75) is 24.3 Å². The second-order valence-electron chi connectivity index (χ2n) is 5.42. The summed E-state index contributed by atoms with van der Waals surface area (Å²) in [6, 6.07) is 7.54. The van der Waals surface area contributed by atoms with Gasteiger partial charge >= 0.3 is 5.69 Å². The van der Waals surface area contributed by atoms with E-state index in [2.05, 4.69) is 15.2 Å². The van der Waals surface area contributed by atoms with Crippen molar-refractivity contribution in [3.63, 3.8) is 0 Å². The Kier molecular flexibility index (Phi) is 5.10. The molecular weight excluding hydrogens is 364 g/mol. The number of aromatic nitrogens is 4. The average Bonchev–Trinajstić information content (AvgIpc) is 3.04. The Morgan fingerprint density at radius 1 is 1.28 bits per heavy atom. The lowest BCUT2D eigenvalue weighted by Crippen LogP contribution is -2.36. The van der Waals surface area contributed by atoms with E-state index in [-0.39, 0.29) is 12.0 Å². The van der Waals surface area contributed by atoms with Crippen molar-refractivity contribution in [3.05, 3.63) is 72.8 Å². The summed E-state index contributed by atoms with van der Waals surface area (Å²) in [5, 5.41) is 9.03. The Labute approximate surface area is 152 Å². The number of nitrogens with zero attached hydrogens (tertiary/aromatic N) is 3. The summed E-state index contributed by atoms with van der Waals surface area (Å²) in [5.41, 5.74) is 1.07. The normalized spacial score (nSPS) is 11.0. The third kappa shape index (κ3) is 3.85. The fraction of sp³-hybridized carbons (Fsp3) is 0.250. The molecule has 0 aliphatic rings. The zero-order valence-electron chi connectivity index (χ0n) is 13.6. The maximum atomic E-state index is 12.2. The highest BCUT2D eigenvalue weighted by Gasteiger charge is 2.14. The van der Waals surface area contributed by atoms with Crippen LogP contribution in [0.1, 0.15) is 22.7 Å². The number of aryl methyl sites for hydroxylation is 1. The summed E-state index contributed by atoms with van der Waals surface area (Å²) in [6.45, 7) is 1.67. The Balaban J connectivity index is 1.75. The molecule has 0 unspecified atom stereocenters. The maximum absolute atomic E-state index is 12.2. The van der Waals surface area contributed by atoms with Gasteiger partial charge in [0.15, 0.2) is 0 Å². The van der Waals surface area contributed by atoms with Gasteiger partial charge in [-0.05, 0) is 18.6 Å². The largest absolute Gasteiger partial charge is 0.416 e. The van der Waals surface area contributed by atoms with Crippen LogP contribution in [0, 0.1) is 6.92 Å². The third-order valence-corrected chi connectivity index (χ3v) is 4.94. The first-order valence-electron chi connectivity index (χ1n) is 7.43. The van der Waals surface area contributed by atoms with E-state index < -0.39 is 5.69 Å². The molecule has 0 saturated carbocycles. The molecule has 0 radical (unpaired) electrons. The quantitative estimate of drug-likeness (QED) is 0.684. The van der Waals surface area contributed by atoms with Crippen LogP contribution in [0.25, 0.3) is 0 Å². The molecule has 130 valence electrons. The molecule has 0 spiro atoms. The fourth-order valence-electron chi connectivity index (χ4n) is 2.26. The number of halogens is 1. The number of benzene rings is 1. The van der Waals surface area contributed by atoms with E-state index >= 15 is 0 Å². The van der Waals surface area contributed by atoms with Gasteiger partial charge in [-0.25, -0.2) is 4.79 Å². The molecule has 25 heavy (non-hydrogen) atoms. The number of thioether (sulfide) groups is 1. The smallest absolute Gasteiger partial charge is 0.328 e. The van der Waals surface area contributed by atoms with Crippen LogP contribution in [0.15, 0.2) is 43.5 Å². The molecular formula is C16H15ClN4O3S. The van der Waals surface area contributed by atoms with Crippen LogP contribution in [0.2, 0.25) is 5.02 Å². The molecule has 0 saturated heterocycles. The van der Waals surface area contributed by atoms with E-state index in [4.69, 9.17) is 16.0 Å². The number of hydrogen-bond donors (Lipinski definition) is 1. The summed E-state index contributed by atoms with van der Waals surface area (Å²) in [6.07, 6.45) is 0.162. The molecule has 0 aliphatic heterocycles. The molecule has 9 heteroatoms. The van der Waals surface area contributed by atoms with E-state index in [1.54, 1.807) is 6.92 Å². The van der Waals surface area contributed by atoms with Gasteiger partial charge in [0, 0.05) is 29.1 Å². The van der Waals surface area contributed by atoms with E-state index in [0.717, 1.165) is 10.1 Å². The summed E-state index contributed by atoms with van der Waals surface area (Å²) >= 11 is 7.49. The van der Waals surface area contributed by atoms with Crippen molar-refractivity contribution in [1.29, 1.82) is 0 Å². The molecule has 0 atom stereocenters. The molecule has 3 rings (SSSR count). The monoisotopic (exact) mass is 378 g/mol. The van der Waals surface area contributed by atoms with Crippen molar-refractivity contribution in [3.8, 4) is 0 Å². The highest BCUT2D eigenvalue weighted by atomic mass is 35.5. The van der Waals surface area contributed by atoms with Crippen LogP contribution in [-0.2, 0) is 19.2 Å². The van der Waals surface area contributed by atoms with Gasteiger partial charge in [0.25, 0.3) is 10.8 Å². The Morgan fingerprint density at radius 2 is 2.04 bits per heavy atom. The van der Waals surface area contributed by atoms with Gasteiger partial charge in [-0.2, -0.15) is 0 Å². The minimum atomic E-state index is -0.451. The summed E-state index contributed by atoms with van der Waals surface area (Å²) < 4.78 is 6.61. The van der Waals surface area contributed by atoms with Crippen molar-refractivity contribution in [2.75, 3.05) is 0 Å². The molecule has 1 aromatic carbocycles. The highest BCUT2D eigenvalue weighted by Crippen LogP contribution is 2.26. The minimum Gasteiger partial charge on any atom is -0.416 e. The van der Waals surface area contributed by atoms with Gasteiger partial charge < -0.3 is 9.40 Å². The predicted octanol–water partition coefficient (Wildman–Crippen LogP) is 2.30. The van der Waals surface area contributed by atoms with Crippen molar-refractivity contribution in [2.24, 2.45) is 7.05 Å². The first kappa shape index (κ1) is 17.5. The SMILES string of the molecule is Cc1[nH]c(=O)n(C)c(=O)c1Cc1nnc(SCc2ccccc2Cl)o1. The maximum Gasteiger partial charge on any atom is 0.328 e. The zero-order chi connectivity index (χ0) is 18.0. The minimum absolute atomic E-state index is 0.162. The standard InChI is InChI=1S/C16H15ClN4O3S/c1-9-11(14(22)21(2)15(23)18-9)7-13-19-20-16(24-13)25-8-10-5-3-4-6-12(10)17/h3-6H,7-8H2,1-2H3,(H,18,23). The first-order valence-corrected chi connectivity index (χ1v) is 8.79. The third-order valence-electron chi connectivity index (χ3n) is 3.70. The number of H-pyrrole nitrogens is 1. The zero-order valence-corrected chi connectivity index (χ0v) is 15.1. The lowest BCUT2D eigenvalue weighted by molar-refractivity contribution is 0.419. The van der Waals surface area contributed by atoms with Crippen LogP contribution < -0.4 is 11.2 Å². The fourth-order valence-corrected chi connectivity index (χ4v) is 3.32. The molecule has 1 N–H and O–H groups in total. The Morgan fingerprint density at radius 3 is 2.80 bits per heavy atom. The molecule has 2 heterocycles. The Bertz CT molecular complexity index is 1020. The molecule has 7 nitrogen and oxygen atoms in total. The average molecular weight is 379 g/mol. The lowest BCUT2D eigenvalue weighted by atomic mass is 10.2. The number of aromatic amines is 1. The van der Waals surface area contributed by atoms with Crippen molar-refractivity contribution < 1.29 is 4.42 Å². The van der Waals surface area contributed by atoms with E-state index in [1.165, 1.54) is 18.8 Å². The van der Waals surface area contributed by atoms with Gasteiger partial charge in [0.05, 0.1) is 6.42 Å². The van der Waals surface area contributed by atoms with E-state index in [9.17, 15) is 9.59 Å². The van der Waals surface area contributed by atoms with Crippen LogP contribution >= 0.6 is 23.4 Å². The van der Waals surface area contributed by atoms with Crippen LogP contribution in [0.4, 0.5) is 0 Å². The van der Waals surface area contributed by atoms with Crippen LogP contribution in [0.3, 0.4) is 0 Å². The van der Waals surface area contributed by atoms with Gasteiger partial charge in [-0.1, -0.05) is 41.6 Å². The molecule has 0 aliphatic carbocycles. The van der Waals surface area contributed by atoms with Crippen LogP contribution in [0.5, 0.6) is 0 Å². The van der Waals surface area contributed by atoms with E-state index in [0.29, 0.717) is 33.1 Å². The number of nitrogens with one attached hydrogen (secondary N) is 1. The summed E-state index contributed by atoms with van der Waals surface area (Å²) in [4.78, 5) is 26.4. The number of rotatable bonds is 5. The van der Waals surface area contributed by atoms with Crippen molar-refractivity contribution >= 4 is 23.4 Å². The number of hydrogen-bond acceptors (Lipinski definition) is 6. The summed E-state index contributed by atoms with van der Waals surface area (Å²) in [5.74, 6) is 0.912. The second-order valence-corrected chi connectivity index (χ2v) is 6.75. The highest BCUT2D eigenvalue weighted by molar-refractivity contribution is 7.98.